The number of hydrogen-bond acceptors (Lipinski definition) is 6. The second-order valence-corrected chi connectivity index (χ2v) is 3.36. The summed E-state index contributed by atoms with van der Waals surface area (Å²) in [6.45, 7) is 0.776. The van der Waals surface area contributed by atoms with Gasteiger partial charge in [0.1, 0.15) is 6.20 Å². The molecule has 0 aliphatic carbocycles. The fraction of sp³-hybridized carbons (Fsp3) is 0.500. The van der Waals surface area contributed by atoms with Gasteiger partial charge in [-0.05, 0) is 0 Å². The van der Waals surface area contributed by atoms with Crippen molar-refractivity contribution in [2.75, 3.05) is 18.1 Å². The molecule has 0 radical (unpaired) electrons. The standard InChI is InChI=1S/C8H10N4O4/c1-10-4-6(12(14)15)8(9-10)11-2-3-16-7(11)5-13/h4-5,7H,2-3H2,1H3. The van der Waals surface area contributed by atoms with Gasteiger partial charge in [-0.2, -0.15) is 0 Å². The average molecular weight is 226 g/mol. The molecule has 1 saturated heterocycles. The predicted molar refractivity (Wildman–Crippen MR) is 53.0 cm³/mol. The van der Waals surface area contributed by atoms with Crippen molar-refractivity contribution >= 4 is 17.8 Å². The number of aromatic nitrogens is 2. The zero-order valence-electron chi connectivity index (χ0n) is 8.57. The molecule has 0 amide bonds. The van der Waals surface area contributed by atoms with E-state index in [1.54, 1.807) is 7.05 Å². The zero-order valence-corrected chi connectivity index (χ0v) is 8.57. The van der Waals surface area contributed by atoms with Crippen molar-refractivity contribution in [2.24, 2.45) is 7.05 Å². The number of aryl methyl sites for hydroxylation is 1. The van der Waals surface area contributed by atoms with Gasteiger partial charge in [0.2, 0.25) is 5.82 Å². The highest BCUT2D eigenvalue weighted by molar-refractivity contribution is 5.67. The first-order chi connectivity index (χ1) is 7.63. The molecule has 0 aromatic carbocycles. The lowest BCUT2D eigenvalue weighted by Gasteiger charge is -2.16. The van der Waals surface area contributed by atoms with Crippen LogP contribution in [0.15, 0.2) is 6.20 Å². The Balaban J connectivity index is 2.38. The highest BCUT2D eigenvalue weighted by Crippen LogP contribution is 2.28. The molecular formula is C8H10N4O4. The van der Waals surface area contributed by atoms with Gasteiger partial charge < -0.3 is 9.64 Å². The first-order valence-corrected chi connectivity index (χ1v) is 4.65. The van der Waals surface area contributed by atoms with Crippen molar-refractivity contribution in [1.82, 2.24) is 9.78 Å². The summed E-state index contributed by atoms with van der Waals surface area (Å²) in [5.41, 5.74) is -0.125. The summed E-state index contributed by atoms with van der Waals surface area (Å²) in [5, 5.41) is 14.8. The second kappa shape index (κ2) is 3.89. The Labute approximate surface area is 90.5 Å². The Bertz CT molecular complexity index is 430. The van der Waals surface area contributed by atoms with Crippen LogP contribution < -0.4 is 4.90 Å². The van der Waals surface area contributed by atoms with Crippen LogP contribution in [0.1, 0.15) is 0 Å². The smallest absolute Gasteiger partial charge is 0.331 e. The normalized spacial score (nSPS) is 20.1. The number of aldehydes is 1. The molecule has 0 N–H and O–H groups in total. The van der Waals surface area contributed by atoms with Gasteiger partial charge in [-0.25, -0.2) is 0 Å². The minimum Gasteiger partial charge on any atom is -0.349 e. The molecule has 16 heavy (non-hydrogen) atoms. The van der Waals surface area contributed by atoms with Crippen LogP contribution in [0.5, 0.6) is 0 Å². The largest absolute Gasteiger partial charge is 0.349 e. The molecule has 1 aromatic heterocycles. The Morgan fingerprint density at radius 2 is 2.50 bits per heavy atom. The van der Waals surface area contributed by atoms with E-state index >= 15 is 0 Å². The van der Waals surface area contributed by atoms with E-state index in [1.807, 2.05) is 0 Å². The van der Waals surface area contributed by atoms with Gasteiger partial charge in [-0.3, -0.25) is 19.6 Å². The van der Waals surface area contributed by atoms with Crippen LogP contribution in [-0.2, 0) is 16.6 Å². The van der Waals surface area contributed by atoms with Gasteiger partial charge in [0.15, 0.2) is 12.5 Å². The van der Waals surface area contributed by atoms with Crippen LogP contribution in [0.4, 0.5) is 11.5 Å². The maximum atomic E-state index is 10.8. The predicted octanol–water partition coefficient (Wildman–Crippen LogP) is -0.310. The second-order valence-electron chi connectivity index (χ2n) is 3.36. The molecule has 1 aliphatic heterocycles. The van der Waals surface area contributed by atoms with Gasteiger partial charge in [0, 0.05) is 13.6 Å². The molecule has 1 aliphatic rings. The summed E-state index contributed by atoms with van der Waals surface area (Å²) in [7, 11) is 1.59. The molecule has 2 rings (SSSR count). The maximum Gasteiger partial charge on any atom is 0.331 e. The van der Waals surface area contributed by atoms with E-state index in [-0.39, 0.29) is 11.5 Å². The summed E-state index contributed by atoms with van der Waals surface area (Å²) in [4.78, 5) is 22.4. The SMILES string of the molecule is Cn1cc([N+](=O)[O-])c(N2CCOC2C=O)n1. The Hall–Kier alpha value is -1.96. The van der Waals surface area contributed by atoms with Crippen LogP contribution in [-0.4, -0.2) is 40.4 Å². The summed E-state index contributed by atoms with van der Waals surface area (Å²) >= 11 is 0. The molecule has 1 aromatic rings. The van der Waals surface area contributed by atoms with Crippen LogP contribution in [0.3, 0.4) is 0 Å². The number of carbonyl (C=O) groups is 1. The highest BCUT2D eigenvalue weighted by atomic mass is 16.6. The van der Waals surface area contributed by atoms with Gasteiger partial charge >= 0.3 is 5.69 Å². The van der Waals surface area contributed by atoms with Gasteiger partial charge in [0.25, 0.3) is 0 Å². The highest BCUT2D eigenvalue weighted by Gasteiger charge is 2.33. The Morgan fingerprint density at radius 1 is 1.75 bits per heavy atom. The summed E-state index contributed by atoms with van der Waals surface area (Å²) in [5.74, 6) is 0.169. The van der Waals surface area contributed by atoms with Crippen molar-refractivity contribution in [1.29, 1.82) is 0 Å². The molecular weight excluding hydrogens is 216 g/mol. The third kappa shape index (κ3) is 1.63. The van der Waals surface area contributed by atoms with Crippen molar-refractivity contribution in [3.8, 4) is 0 Å². The number of hydrogen-bond donors (Lipinski definition) is 0. The summed E-state index contributed by atoms with van der Waals surface area (Å²) < 4.78 is 6.44. The average Bonchev–Trinajstić information content (AvgIpc) is 2.82. The summed E-state index contributed by atoms with van der Waals surface area (Å²) in [6, 6.07) is 0. The van der Waals surface area contributed by atoms with Gasteiger partial charge in [-0.15, -0.1) is 5.10 Å². The van der Waals surface area contributed by atoms with E-state index in [0.717, 1.165) is 0 Å². The number of anilines is 1. The number of nitro groups is 1. The molecule has 86 valence electrons. The van der Waals surface area contributed by atoms with E-state index in [1.165, 1.54) is 15.8 Å². The van der Waals surface area contributed by atoms with Crippen LogP contribution >= 0.6 is 0 Å². The van der Waals surface area contributed by atoms with E-state index in [0.29, 0.717) is 19.4 Å². The number of rotatable bonds is 3. The van der Waals surface area contributed by atoms with E-state index in [9.17, 15) is 14.9 Å². The molecule has 0 bridgehead atoms. The Kier molecular flexibility index (Phi) is 2.57. The first kappa shape index (κ1) is 10.6. The molecule has 8 nitrogen and oxygen atoms in total. The third-order valence-corrected chi connectivity index (χ3v) is 2.30. The van der Waals surface area contributed by atoms with Crippen LogP contribution in [0.25, 0.3) is 0 Å². The zero-order chi connectivity index (χ0) is 11.7. The lowest BCUT2D eigenvalue weighted by molar-refractivity contribution is -0.384. The minimum atomic E-state index is -0.784. The fourth-order valence-electron chi connectivity index (χ4n) is 1.63. The molecule has 1 unspecified atom stereocenters. The minimum absolute atomic E-state index is 0.125. The fourth-order valence-corrected chi connectivity index (χ4v) is 1.63. The van der Waals surface area contributed by atoms with Gasteiger partial charge in [0.05, 0.1) is 11.5 Å². The third-order valence-electron chi connectivity index (χ3n) is 2.30. The van der Waals surface area contributed by atoms with E-state index in [2.05, 4.69) is 5.10 Å². The molecule has 0 saturated carbocycles. The maximum absolute atomic E-state index is 10.8. The Morgan fingerprint density at radius 3 is 3.12 bits per heavy atom. The topological polar surface area (TPSA) is 90.5 Å². The lowest BCUT2D eigenvalue weighted by Crippen LogP contribution is -2.32. The van der Waals surface area contributed by atoms with E-state index in [4.69, 9.17) is 4.74 Å². The van der Waals surface area contributed by atoms with Crippen LogP contribution in [0, 0.1) is 10.1 Å². The lowest BCUT2D eigenvalue weighted by atomic mass is 10.4. The van der Waals surface area contributed by atoms with Crippen molar-refractivity contribution < 1.29 is 14.5 Å². The number of nitrogens with zero attached hydrogens (tertiary/aromatic N) is 4. The number of carbonyl (C=O) groups excluding carboxylic acids is 1. The summed E-state index contributed by atoms with van der Waals surface area (Å²) in [6.07, 6.45) is 1.12. The molecule has 0 spiro atoms. The molecule has 1 atom stereocenters. The first-order valence-electron chi connectivity index (χ1n) is 4.65. The van der Waals surface area contributed by atoms with Crippen LogP contribution in [0.2, 0.25) is 0 Å². The van der Waals surface area contributed by atoms with E-state index < -0.39 is 11.2 Å². The molecule has 8 heteroatoms. The molecule has 2 heterocycles. The van der Waals surface area contributed by atoms with Crippen molar-refractivity contribution in [2.45, 2.75) is 6.23 Å². The molecule has 1 fully saturated rings. The van der Waals surface area contributed by atoms with Crippen molar-refractivity contribution in [3.63, 3.8) is 0 Å². The van der Waals surface area contributed by atoms with Crippen molar-refractivity contribution in [3.05, 3.63) is 16.3 Å². The monoisotopic (exact) mass is 226 g/mol. The van der Waals surface area contributed by atoms with Gasteiger partial charge in [-0.1, -0.05) is 0 Å². The number of ether oxygens (including phenoxy) is 1. The quantitative estimate of drug-likeness (QED) is 0.399.